The number of hydrogen-bond donors (Lipinski definition) is 1. The number of amides is 1. The van der Waals surface area contributed by atoms with E-state index in [0.717, 1.165) is 11.1 Å². The van der Waals surface area contributed by atoms with E-state index in [0.29, 0.717) is 17.2 Å². The van der Waals surface area contributed by atoms with Gasteiger partial charge in [0, 0.05) is 18.4 Å². The van der Waals surface area contributed by atoms with Crippen molar-refractivity contribution in [2.75, 3.05) is 0 Å². The molecule has 1 aliphatic rings. The average molecular weight is 394 g/mol. The van der Waals surface area contributed by atoms with Gasteiger partial charge in [-0.15, -0.1) is 0 Å². The van der Waals surface area contributed by atoms with Gasteiger partial charge in [-0.1, -0.05) is 23.7 Å². The molecule has 1 heterocycles. The van der Waals surface area contributed by atoms with E-state index in [1.54, 1.807) is 24.3 Å². The highest BCUT2D eigenvalue weighted by molar-refractivity contribution is 7.84. The summed E-state index contributed by atoms with van der Waals surface area (Å²) < 4.78 is 26.5. The minimum Gasteiger partial charge on any atom is -0.371 e. The lowest BCUT2D eigenvalue weighted by Crippen LogP contribution is -2.24. The minimum absolute atomic E-state index is 0.104. The van der Waals surface area contributed by atoms with Gasteiger partial charge in [-0.2, -0.15) is 18.7 Å². The summed E-state index contributed by atoms with van der Waals surface area (Å²) in [4.78, 5) is 12.0. The molecule has 0 saturated carbocycles. The molecule has 2 aromatic rings. The van der Waals surface area contributed by atoms with Crippen molar-refractivity contribution < 1.29 is 17.4 Å². The molecule has 0 spiro atoms. The number of nitrogens with zero attached hydrogens (tertiary/aromatic N) is 2. The van der Waals surface area contributed by atoms with Gasteiger partial charge in [-0.25, -0.2) is 5.01 Å². The van der Waals surface area contributed by atoms with Crippen molar-refractivity contribution in [3.63, 3.8) is 0 Å². The van der Waals surface area contributed by atoms with Crippen LogP contribution in [0.3, 0.4) is 0 Å². The third-order valence-electron chi connectivity index (χ3n) is 3.89. The molecule has 1 amide bonds. The summed E-state index contributed by atoms with van der Waals surface area (Å²) in [7, 11) is -4.07. The third-order valence-corrected chi connectivity index (χ3v) is 4.56. The molecule has 0 fully saturated rings. The van der Waals surface area contributed by atoms with Crippen LogP contribution in [0.15, 0.2) is 53.6 Å². The van der Waals surface area contributed by atoms with Gasteiger partial charge in [0.2, 0.25) is 5.91 Å². The summed E-state index contributed by atoms with van der Waals surface area (Å²) in [6.45, 7) is 1.46. The first kappa shape index (κ1) is 18.4. The second-order valence-corrected chi connectivity index (χ2v) is 7.37. The molecule has 1 atom stereocenters. The third kappa shape index (κ3) is 4.21. The molecule has 26 heavy (non-hydrogen) atoms. The van der Waals surface area contributed by atoms with E-state index >= 15 is 0 Å². The van der Waals surface area contributed by atoms with Crippen LogP contribution in [0.5, 0.6) is 5.75 Å². The van der Waals surface area contributed by atoms with Gasteiger partial charge in [0.25, 0.3) is 0 Å². The first-order valence-electron chi connectivity index (χ1n) is 7.68. The predicted molar refractivity (Wildman–Crippen MR) is 98.0 cm³/mol. The molecule has 7 nitrogen and oxygen atoms in total. The van der Waals surface area contributed by atoms with Gasteiger partial charge < -0.3 is 4.18 Å². The number of halogens is 1. The Bertz CT molecular complexity index is 957. The zero-order valence-corrected chi connectivity index (χ0v) is 15.4. The Morgan fingerprint density at radius 1 is 1.19 bits per heavy atom. The molecule has 3 rings (SSSR count). The van der Waals surface area contributed by atoms with Crippen LogP contribution in [0.25, 0.3) is 0 Å². The van der Waals surface area contributed by atoms with Gasteiger partial charge in [0.15, 0.2) is 0 Å². The molecule has 0 radical (unpaired) electrons. The van der Waals surface area contributed by atoms with Gasteiger partial charge in [0.05, 0.1) is 11.8 Å². The summed E-state index contributed by atoms with van der Waals surface area (Å²) in [5, 5.41) is 11.3. The summed E-state index contributed by atoms with van der Waals surface area (Å²) in [5.74, 6) is -0.0679. The smallest absolute Gasteiger partial charge is 0.371 e. The summed E-state index contributed by atoms with van der Waals surface area (Å²) >= 11 is 5.93. The SMILES string of the molecule is CC(=O)N1N=C(c2ccc(OS(N)(=O)=O)cc2)CC1c1ccc(Cl)cc1. The molecule has 2 N–H and O–H groups in total. The molecule has 1 aliphatic heterocycles. The summed E-state index contributed by atoms with van der Waals surface area (Å²) in [5.41, 5.74) is 2.40. The van der Waals surface area contributed by atoms with Gasteiger partial charge >= 0.3 is 10.3 Å². The van der Waals surface area contributed by atoms with Gasteiger partial charge in [-0.3, -0.25) is 4.79 Å². The van der Waals surface area contributed by atoms with E-state index in [1.165, 1.54) is 24.1 Å². The van der Waals surface area contributed by atoms with Crippen LogP contribution in [0.2, 0.25) is 5.02 Å². The van der Waals surface area contributed by atoms with Crippen molar-refractivity contribution in [2.24, 2.45) is 10.2 Å². The zero-order chi connectivity index (χ0) is 18.9. The maximum absolute atomic E-state index is 12.0. The normalized spacial score (nSPS) is 17.1. The standard InChI is InChI=1S/C17H16ClN3O4S/c1-11(22)21-17(13-2-6-14(18)7-3-13)10-16(20-21)12-4-8-15(9-5-12)25-26(19,23)24/h2-9,17H,10H2,1H3,(H2,19,23,24). The van der Waals surface area contributed by atoms with E-state index in [4.69, 9.17) is 16.7 Å². The van der Waals surface area contributed by atoms with Crippen LogP contribution in [0.4, 0.5) is 0 Å². The number of benzene rings is 2. The minimum atomic E-state index is -4.07. The Kier molecular flexibility index (Phi) is 4.99. The second-order valence-electron chi connectivity index (χ2n) is 5.78. The topological polar surface area (TPSA) is 102 Å². The van der Waals surface area contributed by atoms with E-state index in [9.17, 15) is 13.2 Å². The monoisotopic (exact) mass is 393 g/mol. The number of nitrogens with two attached hydrogens (primary N) is 1. The van der Waals surface area contributed by atoms with Crippen molar-refractivity contribution in [3.8, 4) is 5.75 Å². The van der Waals surface area contributed by atoms with Crippen molar-refractivity contribution in [1.29, 1.82) is 0 Å². The fourth-order valence-electron chi connectivity index (χ4n) is 2.76. The first-order valence-corrected chi connectivity index (χ1v) is 9.53. The molecule has 0 saturated heterocycles. The maximum atomic E-state index is 12.0. The van der Waals surface area contributed by atoms with Crippen LogP contribution in [0, 0.1) is 0 Å². The van der Waals surface area contributed by atoms with Crippen LogP contribution in [0.1, 0.15) is 30.5 Å². The number of carbonyl (C=O) groups excluding carboxylic acids is 1. The Morgan fingerprint density at radius 3 is 2.35 bits per heavy atom. The largest absolute Gasteiger partial charge is 0.380 e. The molecular formula is C17H16ClN3O4S. The molecule has 136 valence electrons. The maximum Gasteiger partial charge on any atom is 0.380 e. The lowest BCUT2D eigenvalue weighted by molar-refractivity contribution is -0.130. The fraction of sp³-hybridized carbons (Fsp3) is 0.176. The van der Waals surface area contributed by atoms with Crippen LogP contribution < -0.4 is 9.32 Å². The van der Waals surface area contributed by atoms with E-state index in [-0.39, 0.29) is 17.7 Å². The first-order chi connectivity index (χ1) is 12.2. The molecule has 9 heteroatoms. The molecule has 0 bridgehead atoms. The predicted octanol–water partition coefficient (Wildman–Crippen LogP) is 2.62. The highest BCUT2D eigenvalue weighted by atomic mass is 35.5. The summed E-state index contributed by atoms with van der Waals surface area (Å²) in [6, 6.07) is 13.4. The lowest BCUT2D eigenvalue weighted by atomic mass is 9.98. The number of carbonyl (C=O) groups is 1. The van der Waals surface area contributed by atoms with E-state index in [1.807, 2.05) is 12.1 Å². The Labute approximate surface area is 156 Å². The molecular weight excluding hydrogens is 378 g/mol. The molecule has 2 aromatic carbocycles. The van der Waals surface area contributed by atoms with E-state index in [2.05, 4.69) is 9.28 Å². The van der Waals surface area contributed by atoms with Crippen LogP contribution in [-0.4, -0.2) is 25.0 Å². The zero-order valence-electron chi connectivity index (χ0n) is 13.8. The molecule has 1 unspecified atom stereocenters. The van der Waals surface area contributed by atoms with Crippen molar-refractivity contribution in [3.05, 3.63) is 64.7 Å². The van der Waals surface area contributed by atoms with Crippen LogP contribution in [-0.2, 0) is 15.1 Å². The van der Waals surface area contributed by atoms with Crippen molar-refractivity contribution >= 4 is 33.5 Å². The van der Waals surface area contributed by atoms with E-state index < -0.39 is 10.3 Å². The quantitative estimate of drug-likeness (QED) is 0.862. The highest BCUT2D eigenvalue weighted by Gasteiger charge is 2.31. The number of rotatable bonds is 4. The number of hydrazone groups is 1. The molecule has 0 aromatic heterocycles. The van der Waals surface area contributed by atoms with Crippen LogP contribution >= 0.6 is 11.6 Å². The van der Waals surface area contributed by atoms with Crippen molar-refractivity contribution in [1.82, 2.24) is 5.01 Å². The Balaban J connectivity index is 1.85. The number of hydrogen-bond acceptors (Lipinski definition) is 5. The second kappa shape index (κ2) is 7.06. The van der Waals surface area contributed by atoms with Gasteiger partial charge in [0.1, 0.15) is 5.75 Å². The highest BCUT2D eigenvalue weighted by Crippen LogP contribution is 2.33. The Morgan fingerprint density at radius 2 is 1.81 bits per heavy atom. The molecule has 0 aliphatic carbocycles. The van der Waals surface area contributed by atoms with Gasteiger partial charge in [-0.05, 0) is 47.5 Å². The average Bonchev–Trinajstić information content (AvgIpc) is 3.00. The Hall–Kier alpha value is -2.42. The summed E-state index contributed by atoms with van der Waals surface area (Å²) in [6.07, 6.45) is 0.524. The van der Waals surface area contributed by atoms with Crippen molar-refractivity contribution in [2.45, 2.75) is 19.4 Å². The lowest BCUT2D eigenvalue weighted by Gasteiger charge is -2.20. The fourth-order valence-corrected chi connectivity index (χ4v) is 3.26.